The second-order valence-electron chi connectivity index (χ2n) is 4.96. The van der Waals surface area contributed by atoms with Crippen molar-refractivity contribution in [1.82, 2.24) is 0 Å². The van der Waals surface area contributed by atoms with E-state index in [1.807, 2.05) is 0 Å². The molecule has 0 heteroatoms. The largest absolute Gasteiger partial charge is 0.0998 e. The van der Waals surface area contributed by atoms with Crippen molar-refractivity contribution in [3.63, 3.8) is 0 Å². The lowest BCUT2D eigenvalue weighted by atomic mass is 9.89. The molecule has 0 aliphatic heterocycles. The predicted molar refractivity (Wildman–Crippen MR) is 68.9 cm³/mol. The Bertz CT molecular complexity index is 278. The first-order valence-corrected chi connectivity index (χ1v) is 6.06. The van der Waals surface area contributed by atoms with Gasteiger partial charge in [0.05, 0.1) is 0 Å². The minimum Gasteiger partial charge on any atom is -0.0998 e. The number of hydrogen-bond acceptors (Lipinski definition) is 0. The van der Waals surface area contributed by atoms with Crippen molar-refractivity contribution >= 4 is 0 Å². The third kappa shape index (κ3) is 4.51. The quantitative estimate of drug-likeness (QED) is 0.525. The number of rotatable bonds is 1. The fourth-order valence-electron chi connectivity index (χ4n) is 2.06. The normalized spacial score (nSPS) is 27.5. The minimum absolute atomic E-state index is 0.682. The maximum Gasteiger partial charge on any atom is -0.0171 e. The highest BCUT2D eigenvalue weighted by molar-refractivity contribution is 5.09. The van der Waals surface area contributed by atoms with Crippen LogP contribution in [-0.4, -0.2) is 0 Å². The second-order valence-corrected chi connectivity index (χ2v) is 4.96. The van der Waals surface area contributed by atoms with E-state index < -0.39 is 0 Å². The fourth-order valence-corrected chi connectivity index (χ4v) is 2.06. The van der Waals surface area contributed by atoms with Gasteiger partial charge in [0.1, 0.15) is 0 Å². The molecule has 0 saturated heterocycles. The summed E-state index contributed by atoms with van der Waals surface area (Å²) in [7, 11) is 0. The Kier molecular flexibility index (Phi) is 4.87. The van der Waals surface area contributed by atoms with Crippen LogP contribution in [0.2, 0.25) is 0 Å². The molecular formula is C15H24. The molecular weight excluding hydrogens is 180 g/mol. The first-order chi connectivity index (χ1) is 7.09. The van der Waals surface area contributed by atoms with Gasteiger partial charge in [-0.1, -0.05) is 35.5 Å². The molecule has 0 N–H and O–H groups in total. The molecule has 1 aliphatic rings. The Morgan fingerprint density at radius 2 is 1.87 bits per heavy atom. The van der Waals surface area contributed by atoms with Gasteiger partial charge in [0.2, 0.25) is 0 Å². The van der Waals surface area contributed by atoms with Gasteiger partial charge in [-0.3, -0.25) is 0 Å². The molecule has 0 amide bonds. The summed E-state index contributed by atoms with van der Waals surface area (Å²) in [6, 6.07) is 0. The summed E-state index contributed by atoms with van der Waals surface area (Å²) in [6.45, 7) is 10.8. The summed E-state index contributed by atoms with van der Waals surface area (Å²) in [5.74, 6) is 0.682. The molecule has 0 nitrogen and oxygen atoms in total. The van der Waals surface area contributed by atoms with E-state index in [0.29, 0.717) is 5.92 Å². The monoisotopic (exact) mass is 204 g/mol. The molecule has 0 aromatic heterocycles. The van der Waals surface area contributed by atoms with E-state index in [2.05, 4.69) is 39.5 Å². The lowest BCUT2D eigenvalue weighted by Gasteiger charge is -2.17. The SMILES string of the molecule is C=C(C)[C@@H]1C/C=C(\C)CCC=C(C)CC1. The standard InChI is InChI=1S/C15H24/c1-12(2)15-10-8-13(3)6-5-7-14(4)9-11-15/h6,9,15H,1,5,7-8,10-11H2,2-4H3/b13-6?,14-9+/t15-/m0/s1. The summed E-state index contributed by atoms with van der Waals surface area (Å²) in [4.78, 5) is 0. The molecule has 1 aliphatic carbocycles. The fraction of sp³-hybridized carbons (Fsp3) is 0.600. The zero-order chi connectivity index (χ0) is 11.3. The van der Waals surface area contributed by atoms with E-state index in [-0.39, 0.29) is 0 Å². The highest BCUT2D eigenvalue weighted by atomic mass is 14.1. The second kappa shape index (κ2) is 5.95. The lowest BCUT2D eigenvalue weighted by Crippen LogP contribution is -2.02. The van der Waals surface area contributed by atoms with E-state index in [4.69, 9.17) is 0 Å². The first-order valence-electron chi connectivity index (χ1n) is 6.06. The molecule has 0 bridgehead atoms. The molecule has 0 fully saturated rings. The van der Waals surface area contributed by atoms with E-state index in [1.165, 1.54) is 43.3 Å². The van der Waals surface area contributed by atoms with Crippen LogP contribution in [0.25, 0.3) is 0 Å². The first kappa shape index (κ1) is 12.3. The van der Waals surface area contributed by atoms with Gasteiger partial charge in [-0.15, -0.1) is 0 Å². The molecule has 0 aromatic rings. The number of hydrogen-bond donors (Lipinski definition) is 0. The average molecular weight is 204 g/mol. The smallest absolute Gasteiger partial charge is 0.0171 e. The summed E-state index contributed by atoms with van der Waals surface area (Å²) in [6.07, 6.45) is 10.9. The highest BCUT2D eigenvalue weighted by Gasteiger charge is 2.09. The van der Waals surface area contributed by atoms with Gasteiger partial charge in [-0.05, 0) is 58.8 Å². The topological polar surface area (TPSA) is 0 Å². The van der Waals surface area contributed by atoms with Crippen molar-refractivity contribution in [2.45, 2.75) is 52.9 Å². The molecule has 0 heterocycles. The van der Waals surface area contributed by atoms with Gasteiger partial charge >= 0.3 is 0 Å². The van der Waals surface area contributed by atoms with E-state index in [0.717, 1.165) is 0 Å². The van der Waals surface area contributed by atoms with Gasteiger partial charge in [0, 0.05) is 0 Å². The molecule has 0 unspecified atom stereocenters. The summed E-state index contributed by atoms with van der Waals surface area (Å²) in [5, 5.41) is 0. The molecule has 0 saturated carbocycles. The van der Waals surface area contributed by atoms with Crippen LogP contribution in [0.1, 0.15) is 52.9 Å². The maximum absolute atomic E-state index is 4.11. The number of allylic oxidation sites excluding steroid dienone is 5. The van der Waals surface area contributed by atoms with Crippen LogP contribution in [0.4, 0.5) is 0 Å². The van der Waals surface area contributed by atoms with Crippen LogP contribution in [0.3, 0.4) is 0 Å². The van der Waals surface area contributed by atoms with Gasteiger partial charge in [-0.25, -0.2) is 0 Å². The molecule has 1 atom stereocenters. The summed E-state index contributed by atoms with van der Waals surface area (Å²) < 4.78 is 0. The highest BCUT2D eigenvalue weighted by Crippen LogP contribution is 2.25. The minimum atomic E-state index is 0.682. The molecule has 84 valence electrons. The third-order valence-electron chi connectivity index (χ3n) is 3.37. The Hall–Kier alpha value is -0.780. The van der Waals surface area contributed by atoms with Gasteiger partial charge in [-0.2, -0.15) is 0 Å². The zero-order valence-electron chi connectivity index (χ0n) is 10.5. The average Bonchev–Trinajstić information content (AvgIpc) is 2.16. The van der Waals surface area contributed by atoms with Crippen molar-refractivity contribution in [2.75, 3.05) is 0 Å². The Labute approximate surface area is 94.8 Å². The zero-order valence-corrected chi connectivity index (χ0v) is 10.5. The Morgan fingerprint density at radius 1 is 1.20 bits per heavy atom. The van der Waals surface area contributed by atoms with Crippen LogP contribution in [0.5, 0.6) is 0 Å². The van der Waals surface area contributed by atoms with Crippen molar-refractivity contribution in [1.29, 1.82) is 0 Å². The van der Waals surface area contributed by atoms with Crippen LogP contribution in [-0.2, 0) is 0 Å². The predicted octanol–water partition coefficient (Wildman–Crippen LogP) is 5.04. The maximum atomic E-state index is 4.11. The van der Waals surface area contributed by atoms with Crippen molar-refractivity contribution in [3.05, 3.63) is 35.5 Å². The molecule has 1 rings (SSSR count). The van der Waals surface area contributed by atoms with Crippen LogP contribution < -0.4 is 0 Å². The third-order valence-corrected chi connectivity index (χ3v) is 3.37. The van der Waals surface area contributed by atoms with Crippen molar-refractivity contribution in [2.24, 2.45) is 5.92 Å². The van der Waals surface area contributed by atoms with E-state index >= 15 is 0 Å². The molecule has 0 aromatic carbocycles. The Balaban J connectivity index is 2.70. The van der Waals surface area contributed by atoms with Crippen LogP contribution >= 0.6 is 0 Å². The molecule has 0 spiro atoms. The summed E-state index contributed by atoms with van der Waals surface area (Å²) in [5.41, 5.74) is 4.43. The van der Waals surface area contributed by atoms with E-state index in [1.54, 1.807) is 5.57 Å². The van der Waals surface area contributed by atoms with Crippen LogP contribution in [0, 0.1) is 5.92 Å². The van der Waals surface area contributed by atoms with Gasteiger partial charge in [0.25, 0.3) is 0 Å². The Morgan fingerprint density at radius 3 is 2.53 bits per heavy atom. The van der Waals surface area contributed by atoms with Gasteiger partial charge < -0.3 is 0 Å². The van der Waals surface area contributed by atoms with Crippen molar-refractivity contribution < 1.29 is 0 Å². The lowest BCUT2D eigenvalue weighted by molar-refractivity contribution is 0.562. The molecule has 15 heavy (non-hydrogen) atoms. The molecule has 0 radical (unpaired) electrons. The van der Waals surface area contributed by atoms with Crippen molar-refractivity contribution in [3.8, 4) is 0 Å². The summed E-state index contributed by atoms with van der Waals surface area (Å²) >= 11 is 0. The van der Waals surface area contributed by atoms with Crippen LogP contribution in [0.15, 0.2) is 35.5 Å². The van der Waals surface area contributed by atoms with E-state index in [9.17, 15) is 0 Å². The van der Waals surface area contributed by atoms with Gasteiger partial charge in [0.15, 0.2) is 0 Å².